The summed E-state index contributed by atoms with van der Waals surface area (Å²) in [5.74, 6) is 2.66. The largest absolute Gasteiger partial charge is 0.0620 e. The number of hydrogen-bond acceptors (Lipinski definition) is 0. The Bertz CT molecular complexity index is 360. The molecule has 1 aromatic carbocycles. The molecule has 0 N–H and O–H groups in total. The van der Waals surface area contributed by atoms with Crippen molar-refractivity contribution in [3.8, 4) is 0 Å². The van der Waals surface area contributed by atoms with E-state index in [0.717, 1.165) is 17.8 Å². The van der Waals surface area contributed by atoms with Gasteiger partial charge in [0.05, 0.1) is 0 Å². The summed E-state index contributed by atoms with van der Waals surface area (Å²) >= 11 is 0. The normalized spacial score (nSPS) is 30.3. The summed E-state index contributed by atoms with van der Waals surface area (Å²) in [5, 5.41) is 0. The van der Waals surface area contributed by atoms with Crippen LogP contribution in [0, 0.1) is 5.92 Å². The van der Waals surface area contributed by atoms with Crippen molar-refractivity contribution in [2.75, 3.05) is 0 Å². The number of fused-ring (bicyclic) bond motifs is 1. The van der Waals surface area contributed by atoms with Gasteiger partial charge in [0.2, 0.25) is 0 Å². The SMILES string of the molecule is CC1CC(C2CCCCC2)c2ccccc21. The first-order valence-electron chi connectivity index (χ1n) is 6.95. The summed E-state index contributed by atoms with van der Waals surface area (Å²) in [6.45, 7) is 2.40. The van der Waals surface area contributed by atoms with Crippen LogP contribution < -0.4 is 0 Å². The van der Waals surface area contributed by atoms with Crippen LogP contribution >= 0.6 is 0 Å². The fourth-order valence-corrected chi connectivity index (χ4v) is 3.92. The number of hydrogen-bond donors (Lipinski definition) is 0. The Labute approximate surface area is 99.1 Å². The molecule has 0 heteroatoms. The molecule has 86 valence electrons. The van der Waals surface area contributed by atoms with Gasteiger partial charge in [0, 0.05) is 0 Å². The van der Waals surface area contributed by atoms with Gasteiger partial charge in [-0.2, -0.15) is 0 Å². The van der Waals surface area contributed by atoms with Crippen molar-refractivity contribution in [1.82, 2.24) is 0 Å². The van der Waals surface area contributed by atoms with E-state index in [-0.39, 0.29) is 0 Å². The second kappa shape index (κ2) is 4.24. The fraction of sp³-hybridized carbons (Fsp3) is 0.625. The highest BCUT2D eigenvalue weighted by molar-refractivity contribution is 5.38. The summed E-state index contributed by atoms with van der Waals surface area (Å²) in [5.41, 5.74) is 3.32. The minimum atomic E-state index is 0.795. The lowest BCUT2D eigenvalue weighted by atomic mass is 9.77. The third-order valence-electron chi connectivity index (χ3n) is 4.75. The van der Waals surface area contributed by atoms with E-state index in [1.54, 1.807) is 11.1 Å². The molecule has 1 saturated carbocycles. The molecule has 16 heavy (non-hydrogen) atoms. The molecule has 2 aliphatic carbocycles. The molecule has 3 rings (SSSR count). The highest BCUT2D eigenvalue weighted by atomic mass is 14.4. The van der Waals surface area contributed by atoms with Crippen LogP contribution in [0.2, 0.25) is 0 Å². The van der Waals surface area contributed by atoms with Gasteiger partial charge in [0.1, 0.15) is 0 Å². The molecule has 0 amide bonds. The predicted octanol–water partition coefficient (Wildman–Crippen LogP) is 4.86. The summed E-state index contributed by atoms with van der Waals surface area (Å²) in [6, 6.07) is 9.17. The minimum Gasteiger partial charge on any atom is -0.0620 e. The lowest BCUT2D eigenvalue weighted by Crippen LogP contribution is -2.14. The fourth-order valence-electron chi connectivity index (χ4n) is 3.92. The summed E-state index contributed by atoms with van der Waals surface area (Å²) < 4.78 is 0. The Kier molecular flexibility index (Phi) is 2.75. The van der Waals surface area contributed by atoms with Crippen molar-refractivity contribution in [2.24, 2.45) is 5.92 Å². The first-order valence-corrected chi connectivity index (χ1v) is 6.95. The average Bonchev–Trinajstić information content (AvgIpc) is 2.69. The van der Waals surface area contributed by atoms with Crippen LogP contribution in [0.5, 0.6) is 0 Å². The molecular weight excluding hydrogens is 192 g/mol. The summed E-state index contributed by atoms with van der Waals surface area (Å²) in [4.78, 5) is 0. The molecule has 0 aromatic heterocycles. The standard InChI is InChI=1S/C16H22/c1-12-11-16(13-7-3-2-4-8-13)15-10-6-5-9-14(12)15/h5-6,9-10,12-13,16H,2-4,7-8,11H2,1H3. The molecule has 0 bridgehead atoms. The zero-order valence-corrected chi connectivity index (χ0v) is 10.3. The van der Waals surface area contributed by atoms with Crippen molar-refractivity contribution in [3.05, 3.63) is 35.4 Å². The Morgan fingerprint density at radius 1 is 0.938 bits per heavy atom. The van der Waals surface area contributed by atoms with Crippen LogP contribution in [0.3, 0.4) is 0 Å². The van der Waals surface area contributed by atoms with Crippen molar-refractivity contribution in [2.45, 2.75) is 57.3 Å². The monoisotopic (exact) mass is 214 g/mol. The molecule has 0 aliphatic heterocycles. The van der Waals surface area contributed by atoms with Crippen LogP contribution in [-0.4, -0.2) is 0 Å². The topological polar surface area (TPSA) is 0 Å². The molecule has 0 spiro atoms. The second-order valence-electron chi connectivity index (χ2n) is 5.77. The van der Waals surface area contributed by atoms with E-state index in [1.165, 1.54) is 38.5 Å². The lowest BCUT2D eigenvalue weighted by Gasteiger charge is -2.28. The quantitative estimate of drug-likeness (QED) is 0.626. The maximum atomic E-state index is 2.40. The average molecular weight is 214 g/mol. The Morgan fingerprint density at radius 2 is 1.62 bits per heavy atom. The van der Waals surface area contributed by atoms with E-state index in [2.05, 4.69) is 31.2 Å². The van der Waals surface area contributed by atoms with Gasteiger partial charge in [0.25, 0.3) is 0 Å². The maximum absolute atomic E-state index is 2.40. The van der Waals surface area contributed by atoms with Crippen molar-refractivity contribution in [1.29, 1.82) is 0 Å². The van der Waals surface area contributed by atoms with E-state index >= 15 is 0 Å². The van der Waals surface area contributed by atoms with Gasteiger partial charge in [0.15, 0.2) is 0 Å². The van der Waals surface area contributed by atoms with Crippen LogP contribution in [0.4, 0.5) is 0 Å². The first-order chi connectivity index (χ1) is 7.86. The van der Waals surface area contributed by atoms with Crippen LogP contribution in [0.1, 0.15) is 68.4 Å². The molecule has 0 radical (unpaired) electrons. The van der Waals surface area contributed by atoms with Gasteiger partial charge in [-0.3, -0.25) is 0 Å². The van der Waals surface area contributed by atoms with E-state index < -0.39 is 0 Å². The van der Waals surface area contributed by atoms with Gasteiger partial charge >= 0.3 is 0 Å². The Morgan fingerprint density at radius 3 is 2.38 bits per heavy atom. The molecule has 2 aliphatic rings. The molecular formula is C16H22. The highest BCUT2D eigenvalue weighted by Gasteiger charge is 2.33. The van der Waals surface area contributed by atoms with E-state index in [0.29, 0.717) is 0 Å². The van der Waals surface area contributed by atoms with Gasteiger partial charge in [-0.15, -0.1) is 0 Å². The molecule has 0 heterocycles. The second-order valence-corrected chi connectivity index (χ2v) is 5.77. The predicted molar refractivity (Wildman–Crippen MR) is 68.8 cm³/mol. The van der Waals surface area contributed by atoms with E-state index in [1.807, 2.05) is 0 Å². The maximum Gasteiger partial charge on any atom is -0.0125 e. The molecule has 1 aromatic rings. The minimum absolute atomic E-state index is 0.795. The van der Waals surface area contributed by atoms with Crippen molar-refractivity contribution >= 4 is 0 Å². The zero-order valence-electron chi connectivity index (χ0n) is 10.3. The van der Waals surface area contributed by atoms with Crippen molar-refractivity contribution in [3.63, 3.8) is 0 Å². The first kappa shape index (κ1) is 10.4. The van der Waals surface area contributed by atoms with Gasteiger partial charge in [-0.1, -0.05) is 50.5 Å². The van der Waals surface area contributed by atoms with Crippen molar-refractivity contribution < 1.29 is 0 Å². The van der Waals surface area contributed by atoms with Gasteiger partial charge in [-0.05, 0) is 48.1 Å². The smallest absolute Gasteiger partial charge is 0.0125 e. The number of rotatable bonds is 1. The molecule has 2 atom stereocenters. The lowest BCUT2D eigenvalue weighted by molar-refractivity contribution is 0.298. The number of benzene rings is 1. The highest BCUT2D eigenvalue weighted by Crippen LogP contribution is 2.48. The molecule has 0 saturated heterocycles. The Balaban J connectivity index is 1.87. The van der Waals surface area contributed by atoms with Crippen LogP contribution in [0.25, 0.3) is 0 Å². The zero-order chi connectivity index (χ0) is 11.0. The van der Waals surface area contributed by atoms with E-state index in [4.69, 9.17) is 0 Å². The third kappa shape index (κ3) is 1.69. The van der Waals surface area contributed by atoms with Crippen LogP contribution in [-0.2, 0) is 0 Å². The van der Waals surface area contributed by atoms with Crippen LogP contribution in [0.15, 0.2) is 24.3 Å². The Hall–Kier alpha value is -0.780. The third-order valence-corrected chi connectivity index (χ3v) is 4.75. The molecule has 1 fully saturated rings. The van der Waals surface area contributed by atoms with E-state index in [9.17, 15) is 0 Å². The molecule has 0 nitrogen and oxygen atoms in total. The van der Waals surface area contributed by atoms with Gasteiger partial charge in [-0.25, -0.2) is 0 Å². The summed E-state index contributed by atoms with van der Waals surface area (Å²) in [7, 11) is 0. The molecule has 2 unspecified atom stereocenters. The van der Waals surface area contributed by atoms with Gasteiger partial charge < -0.3 is 0 Å². The summed E-state index contributed by atoms with van der Waals surface area (Å²) in [6.07, 6.45) is 8.78.